The number of rotatable bonds is 2. The van der Waals surface area contributed by atoms with Gasteiger partial charge in [0, 0.05) is 31.2 Å². The van der Waals surface area contributed by atoms with Crippen molar-refractivity contribution in [1.29, 1.82) is 0 Å². The van der Waals surface area contributed by atoms with Crippen molar-refractivity contribution >= 4 is 23.4 Å². The summed E-state index contributed by atoms with van der Waals surface area (Å²) in [6.45, 7) is 0.229. The van der Waals surface area contributed by atoms with Crippen LogP contribution in [0.1, 0.15) is 26.3 Å². The van der Waals surface area contributed by atoms with Crippen molar-refractivity contribution in [1.82, 2.24) is 9.80 Å². The monoisotopic (exact) mass is 414 g/mol. The van der Waals surface area contributed by atoms with E-state index in [4.69, 9.17) is 11.6 Å². The highest BCUT2D eigenvalue weighted by Crippen LogP contribution is 2.32. The van der Waals surface area contributed by atoms with Crippen molar-refractivity contribution in [2.45, 2.75) is 6.18 Å². The van der Waals surface area contributed by atoms with Crippen molar-refractivity contribution < 1.29 is 27.2 Å². The Morgan fingerprint density at radius 3 is 1.96 bits per heavy atom. The van der Waals surface area contributed by atoms with Crippen LogP contribution in [0.2, 0.25) is 5.02 Å². The number of benzene rings is 2. The van der Waals surface area contributed by atoms with E-state index in [-0.39, 0.29) is 36.8 Å². The van der Waals surface area contributed by atoms with Crippen LogP contribution in [0.4, 0.5) is 17.6 Å². The number of amides is 2. The molecule has 0 radical (unpaired) electrons. The predicted octanol–water partition coefficient (Wildman–Crippen LogP) is 4.10. The zero-order chi connectivity index (χ0) is 20.5. The third kappa shape index (κ3) is 4.11. The summed E-state index contributed by atoms with van der Waals surface area (Å²) in [6, 6.07) is 8.20. The Kier molecular flexibility index (Phi) is 5.60. The summed E-state index contributed by atoms with van der Waals surface area (Å²) in [5.74, 6) is -2.05. The quantitative estimate of drug-likeness (QED) is 0.694. The van der Waals surface area contributed by atoms with Crippen molar-refractivity contribution in [3.63, 3.8) is 0 Å². The van der Waals surface area contributed by atoms with Crippen LogP contribution >= 0.6 is 11.6 Å². The molecule has 9 heteroatoms. The van der Waals surface area contributed by atoms with Crippen LogP contribution in [0.15, 0.2) is 42.5 Å². The molecule has 0 atom stereocenters. The van der Waals surface area contributed by atoms with Gasteiger partial charge in [-0.25, -0.2) is 4.39 Å². The van der Waals surface area contributed by atoms with Gasteiger partial charge in [-0.1, -0.05) is 23.7 Å². The lowest BCUT2D eigenvalue weighted by Gasteiger charge is -2.35. The summed E-state index contributed by atoms with van der Waals surface area (Å²) in [5.41, 5.74) is -1.62. The van der Waals surface area contributed by atoms with E-state index in [0.717, 1.165) is 18.2 Å². The van der Waals surface area contributed by atoms with E-state index in [1.807, 2.05) is 0 Å². The maximum absolute atomic E-state index is 13.9. The number of alkyl halides is 3. The van der Waals surface area contributed by atoms with Crippen LogP contribution in [0.5, 0.6) is 0 Å². The molecule has 0 spiro atoms. The number of carbonyl (C=O) groups excluding carboxylic acids is 2. The molecule has 1 fully saturated rings. The Morgan fingerprint density at radius 1 is 0.857 bits per heavy atom. The second-order valence-corrected chi connectivity index (χ2v) is 6.69. The normalized spacial score (nSPS) is 14.9. The van der Waals surface area contributed by atoms with Gasteiger partial charge in [0.15, 0.2) is 0 Å². The maximum Gasteiger partial charge on any atom is 0.417 e. The second kappa shape index (κ2) is 7.79. The van der Waals surface area contributed by atoms with Gasteiger partial charge >= 0.3 is 6.18 Å². The van der Waals surface area contributed by atoms with Crippen LogP contribution in [0, 0.1) is 5.82 Å². The molecule has 2 aromatic carbocycles. The van der Waals surface area contributed by atoms with Gasteiger partial charge in [0.2, 0.25) is 0 Å². The molecule has 1 heterocycles. The SMILES string of the molecule is O=C(c1cc(Cl)ccc1F)N1CCN(C(=O)c2ccccc2C(F)(F)F)CC1. The molecule has 0 N–H and O–H groups in total. The number of hydrogen-bond acceptors (Lipinski definition) is 2. The van der Waals surface area contributed by atoms with Gasteiger partial charge in [-0.2, -0.15) is 13.2 Å². The minimum Gasteiger partial charge on any atom is -0.335 e. The summed E-state index contributed by atoms with van der Waals surface area (Å²) in [5, 5.41) is 0.210. The molecule has 0 aromatic heterocycles. The molecule has 1 aliphatic heterocycles. The lowest BCUT2D eigenvalue weighted by molar-refractivity contribution is -0.138. The van der Waals surface area contributed by atoms with Gasteiger partial charge in [0.1, 0.15) is 5.82 Å². The van der Waals surface area contributed by atoms with Crippen LogP contribution in [0.25, 0.3) is 0 Å². The van der Waals surface area contributed by atoms with E-state index in [1.165, 1.54) is 34.1 Å². The average molecular weight is 415 g/mol. The fourth-order valence-corrected chi connectivity index (χ4v) is 3.20. The minimum atomic E-state index is -4.64. The highest BCUT2D eigenvalue weighted by molar-refractivity contribution is 6.31. The third-order valence-electron chi connectivity index (χ3n) is 4.48. The van der Waals surface area contributed by atoms with E-state index in [9.17, 15) is 27.2 Å². The Hall–Kier alpha value is -2.61. The molecule has 4 nitrogen and oxygen atoms in total. The Morgan fingerprint density at radius 2 is 1.39 bits per heavy atom. The highest BCUT2D eigenvalue weighted by atomic mass is 35.5. The van der Waals surface area contributed by atoms with E-state index in [1.54, 1.807) is 0 Å². The van der Waals surface area contributed by atoms with Gasteiger partial charge in [-0.05, 0) is 30.3 Å². The number of hydrogen-bond donors (Lipinski definition) is 0. The molecular formula is C19H15ClF4N2O2. The topological polar surface area (TPSA) is 40.6 Å². The summed E-state index contributed by atoms with van der Waals surface area (Å²) < 4.78 is 53.3. The zero-order valence-corrected chi connectivity index (χ0v) is 15.2. The summed E-state index contributed by atoms with van der Waals surface area (Å²) in [4.78, 5) is 27.6. The van der Waals surface area contributed by atoms with Crippen LogP contribution in [-0.2, 0) is 6.18 Å². The molecule has 0 unspecified atom stereocenters. The van der Waals surface area contributed by atoms with E-state index >= 15 is 0 Å². The minimum absolute atomic E-state index is 0.0406. The van der Waals surface area contributed by atoms with Crippen LogP contribution < -0.4 is 0 Å². The molecule has 0 bridgehead atoms. The Balaban J connectivity index is 1.72. The molecular weight excluding hydrogens is 400 g/mol. The van der Waals surface area contributed by atoms with Crippen molar-refractivity contribution in [2.24, 2.45) is 0 Å². The molecule has 2 amide bonds. The van der Waals surface area contributed by atoms with E-state index in [2.05, 4.69) is 0 Å². The number of piperazine rings is 1. The smallest absolute Gasteiger partial charge is 0.335 e. The molecule has 0 aliphatic carbocycles. The van der Waals surface area contributed by atoms with Gasteiger partial charge in [0.05, 0.1) is 16.7 Å². The van der Waals surface area contributed by atoms with E-state index < -0.39 is 34.9 Å². The molecule has 2 aromatic rings. The van der Waals surface area contributed by atoms with Crippen LogP contribution in [0.3, 0.4) is 0 Å². The molecule has 3 rings (SSSR count). The fourth-order valence-electron chi connectivity index (χ4n) is 3.03. The number of halogens is 5. The van der Waals surface area contributed by atoms with Crippen molar-refractivity contribution in [3.05, 3.63) is 70.0 Å². The lowest BCUT2D eigenvalue weighted by atomic mass is 10.1. The van der Waals surface area contributed by atoms with Crippen LogP contribution in [-0.4, -0.2) is 47.8 Å². The van der Waals surface area contributed by atoms with Crippen molar-refractivity contribution in [2.75, 3.05) is 26.2 Å². The number of carbonyl (C=O) groups is 2. The predicted molar refractivity (Wildman–Crippen MR) is 94.7 cm³/mol. The standard InChI is InChI=1S/C19H15ClF4N2O2/c20-12-5-6-16(21)14(11-12)18(28)26-9-7-25(8-10-26)17(27)13-3-1-2-4-15(13)19(22,23)24/h1-6,11H,7-10H2. The molecule has 148 valence electrons. The van der Waals surface area contributed by atoms with E-state index in [0.29, 0.717) is 0 Å². The summed E-state index contributed by atoms with van der Waals surface area (Å²) in [7, 11) is 0. The lowest BCUT2D eigenvalue weighted by Crippen LogP contribution is -2.51. The summed E-state index contributed by atoms with van der Waals surface area (Å²) >= 11 is 5.80. The van der Waals surface area contributed by atoms with Gasteiger partial charge in [-0.15, -0.1) is 0 Å². The van der Waals surface area contributed by atoms with Gasteiger partial charge in [-0.3, -0.25) is 9.59 Å². The molecule has 28 heavy (non-hydrogen) atoms. The maximum atomic E-state index is 13.9. The summed E-state index contributed by atoms with van der Waals surface area (Å²) in [6.07, 6.45) is -4.64. The Bertz CT molecular complexity index is 909. The Labute approximate surface area is 163 Å². The first kappa shape index (κ1) is 20.1. The molecule has 1 saturated heterocycles. The molecule has 0 saturated carbocycles. The highest BCUT2D eigenvalue weighted by Gasteiger charge is 2.36. The second-order valence-electron chi connectivity index (χ2n) is 6.25. The average Bonchev–Trinajstić information content (AvgIpc) is 2.68. The van der Waals surface area contributed by atoms with Crippen molar-refractivity contribution in [3.8, 4) is 0 Å². The zero-order valence-electron chi connectivity index (χ0n) is 14.5. The van der Waals surface area contributed by atoms with Gasteiger partial charge < -0.3 is 9.80 Å². The number of nitrogens with zero attached hydrogens (tertiary/aromatic N) is 2. The third-order valence-corrected chi connectivity index (χ3v) is 4.71. The first-order valence-electron chi connectivity index (χ1n) is 8.38. The first-order chi connectivity index (χ1) is 13.2. The fraction of sp³-hybridized carbons (Fsp3) is 0.263. The largest absolute Gasteiger partial charge is 0.417 e. The first-order valence-corrected chi connectivity index (χ1v) is 8.76. The molecule has 1 aliphatic rings. The van der Waals surface area contributed by atoms with Gasteiger partial charge in [0.25, 0.3) is 11.8 Å².